The minimum atomic E-state index is -2.04. The van der Waals surface area contributed by atoms with Gasteiger partial charge in [-0.15, -0.1) is 0 Å². The maximum Gasteiger partial charge on any atom is 0.311 e. The predicted molar refractivity (Wildman–Crippen MR) is 114 cm³/mol. The summed E-state index contributed by atoms with van der Waals surface area (Å²) in [6, 6.07) is 8.93. The number of methoxy groups -OCH3 is 1. The van der Waals surface area contributed by atoms with Crippen molar-refractivity contribution in [3.63, 3.8) is 0 Å². The van der Waals surface area contributed by atoms with Gasteiger partial charge < -0.3 is 14.7 Å². The van der Waals surface area contributed by atoms with Gasteiger partial charge in [0, 0.05) is 28.2 Å². The van der Waals surface area contributed by atoms with Crippen LogP contribution in [0.15, 0.2) is 40.9 Å². The summed E-state index contributed by atoms with van der Waals surface area (Å²) in [6.45, 7) is 2.42. The number of unbranched alkanes of at least 4 members (excludes halogenated alkanes) is 1. The molecule has 2 aromatic rings. The van der Waals surface area contributed by atoms with Gasteiger partial charge in [-0.25, -0.2) is 0 Å². The van der Waals surface area contributed by atoms with Crippen molar-refractivity contribution >= 4 is 39.0 Å². The third-order valence-corrected chi connectivity index (χ3v) is 5.64. The van der Waals surface area contributed by atoms with E-state index in [2.05, 4.69) is 15.9 Å². The minimum absolute atomic E-state index is 0.0206. The van der Waals surface area contributed by atoms with Gasteiger partial charge in [0.15, 0.2) is 17.1 Å². The number of nitro groups is 1. The topological polar surface area (TPSA) is 110 Å². The summed E-state index contributed by atoms with van der Waals surface area (Å²) in [4.78, 5) is 38.2. The molecule has 1 heterocycles. The highest BCUT2D eigenvalue weighted by Gasteiger charge is 2.50. The van der Waals surface area contributed by atoms with Crippen LogP contribution >= 0.6 is 15.9 Å². The first-order chi connectivity index (χ1) is 14.2. The fraction of sp³-hybridized carbons (Fsp3) is 0.333. The average Bonchev–Trinajstić information content (AvgIpc) is 2.92. The Balaban J connectivity index is 1.98. The number of hydrogen-bond donors (Lipinski definition) is 1. The van der Waals surface area contributed by atoms with Gasteiger partial charge in [0.05, 0.1) is 24.1 Å². The van der Waals surface area contributed by atoms with E-state index >= 15 is 0 Å². The summed E-state index contributed by atoms with van der Waals surface area (Å²) in [5, 5.41) is 22.6. The van der Waals surface area contributed by atoms with E-state index in [1.54, 1.807) is 18.2 Å². The Kier molecular flexibility index (Phi) is 6.23. The zero-order chi connectivity index (χ0) is 22.1. The molecule has 0 fully saturated rings. The molecule has 30 heavy (non-hydrogen) atoms. The van der Waals surface area contributed by atoms with Gasteiger partial charge in [0.2, 0.25) is 0 Å². The van der Waals surface area contributed by atoms with Crippen LogP contribution in [0.5, 0.6) is 5.75 Å². The predicted octanol–water partition coefficient (Wildman–Crippen LogP) is 3.97. The Labute approximate surface area is 181 Å². The number of ether oxygens (including phenoxy) is 1. The number of halogens is 1. The maximum absolute atomic E-state index is 13.1. The first-order valence-electron chi connectivity index (χ1n) is 9.43. The maximum atomic E-state index is 13.1. The van der Waals surface area contributed by atoms with Gasteiger partial charge in [0.1, 0.15) is 0 Å². The number of carbonyl (C=O) groups excluding carboxylic acids is 2. The third kappa shape index (κ3) is 3.82. The number of carbonyl (C=O) groups is 2. The number of aliphatic hydroxyl groups is 1. The van der Waals surface area contributed by atoms with Crippen LogP contribution in [0.2, 0.25) is 0 Å². The summed E-state index contributed by atoms with van der Waals surface area (Å²) in [6.07, 6.45) is 1.08. The van der Waals surface area contributed by atoms with Crippen molar-refractivity contribution in [2.75, 3.05) is 18.6 Å². The Bertz CT molecular complexity index is 1020. The van der Waals surface area contributed by atoms with Crippen molar-refractivity contribution in [2.24, 2.45) is 0 Å². The number of rotatable bonds is 8. The molecule has 3 rings (SSSR count). The molecule has 1 atom stereocenters. The zero-order valence-electron chi connectivity index (χ0n) is 16.6. The monoisotopic (exact) mass is 476 g/mol. The summed E-state index contributed by atoms with van der Waals surface area (Å²) in [7, 11) is 1.30. The van der Waals surface area contributed by atoms with Crippen molar-refractivity contribution in [1.82, 2.24) is 0 Å². The molecule has 0 spiro atoms. The fourth-order valence-corrected chi connectivity index (χ4v) is 3.93. The lowest BCUT2D eigenvalue weighted by Crippen LogP contribution is -2.42. The number of fused-ring (bicyclic) bond motifs is 1. The van der Waals surface area contributed by atoms with Crippen LogP contribution in [0.1, 0.15) is 42.1 Å². The fourth-order valence-electron chi connectivity index (χ4n) is 3.57. The molecule has 9 heteroatoms. The molecule has 8 nitrogen and oxygen atoms in total. The first-order valence-corrected chi connectivity index (χ1v) is 10.2. The third-order valence-electron chi connectivity index (χ3n) is 5.14. The summed E-state index contributed by atoms with van der Waals surface area (Å²) >= 11 is 3.35. The zero-order valence-corrected chi connectivity index (χ0v) is 18.1. The van der Waals surface area contributed by atoms with Crippen molar-refractivity contribution in [3.05, 3.63) is 62.1 Å². The molecule has 0 saturated carbocycles. The molecule has 0 radical (unpaired) electrons. The van der Waals surface area contributed by atoms with E-state index in [9.17, 15) is 24.8 Å². The summed E-state index contributed by atoms with van der Waals surface area (Å²) < 4.78 is 5.62. The SMILES string of the molecule is CCCCN1C(=O)C(O)(CC(=O)c2ccc(OC)c([N+](=O)[O-])c2)c2cc(Br)ccc21. The molecule has 1 aliphatic heterocycles. The Morgan fingerprint density at radius 2 is 2.03 bits per heavy atom. The van der Waals surface area contributed by atoms with Crippen LogP contribution < -0.4 is 9.64 Å². The van der Waals surface area contributed by atoms with Crippen LogP contribution in [0, 0.1) is 10.1 Å². The number of hydrogen-bond acceptors (Lipinski definition) is 6. The van der Waals surface area contributed by atoms with Crippen molar-refractivity contribution in [1.29, 1.82) is 0 Å². The van der Waals surface area contributed by atoms with E-state index in [0.29, 0.717) is 22.3 Å². The first kappa shape index (κ1) is 21.9. The second-order valence-corrected chi connectivity index (χ2v) is 7.99. The molecule has 2 aromatic carbocycles. The van der Waals surface area contributed by atoms with Crippen molar-refractivity contribution in [2.45, 2.75) is 31.8 Å². The number of benzene rings is 2. The lowest BCUT2D eigenvalue weighted by atomic mass is 9.88. The van der Waals surface area contributed by atoms with Crippen molar-refractivity contribution < 1.29 is 24.4 Å². The average molecular weight is 477 g/mol. The smallest absolute Gasteiger partial charge is 0.311 e. The second kappa shape index (κ2) is 8.53. The molecule has 1 amide bonds. The molecule has 0 bridgehead atoms. The molecule has 1 unspecified atom stereocenters. The minimum Gasteiger partial charge on any atom is -0.490 e. The lowest BCUT2D eigenvalue weighted by molar-refractivity contribution is -0.385. The van der Waals surface area contributed by atoms with Crippen molar-refractivity contribution in [3.8, 4) is 5.75 Å². The Morgan fingerprint density at radius 3 is 2.67 bits per heavy atom. The molecular weight excluding hydrogens is 456 g/mol. The quantitative estimate of drug-likeness (QED) is 0.350. The number of nitro benzene ring substituents is 1. The van der Waals surface area contributed by atoms with Crippen LogP contribution in [0.3, 0.4) is 0 Å². The molecule has 1 N–H and O–H groups in total. The highest BCUT2D eigenvalue weighted by atomic mass is 79.9. The Hall–Kier alpha value is -2.78. The lowest BCUT2D eigenvalue weighted by Gasteiger charge is -2.22. The van der Waals surface area contributed by atoms with Gasteiger partial charge >= 0.3 is 5.69 Å². The van der Waals surface area contributed by atoms with Crippen LogP contribution in [-0.4, -0.2) is 35.4 Å². The molecule has 0 saturated heterocycles. The molecule has 0 aliphatic carbocycles. The molecule has 1 aliphatic rings. The number of amides is 1. The van der Waals surface area contributed by atoms with E-state index in [1.165, 1.54) is 24.1 Å². The van der Waals surface area contributed by atoms with Gasteiger partial charge in [-0.3, -0.25) is 19.7 Å². The molecule has 0 aromatic heterocycles. The number of nitrogens with zero attached hydrogens (tertiary/aromatic N) is 2. The molecule has 158 valence electrons. The number of Topliss-reactive ketones (excluding diaryl/α,β-unsaturated/α-hetero) is 1. The van der Waals surface area contributed by atoms with E-state index in [4.69, 9.17) is 4.74 Å². The highest BCUT2D eigenvalue weighted by molar-refractivity contribution is 9.10. The Morgan fingerprint density at radius 1 is 1.30 bits per heavy atom. The van der Waals surface area contributed by atoms with E-state index in [-0.39, 0.29) is 17.0 Å². The largest absolute Gasteiger partial charge is 0.490 e. The van der Waals surface area contributed by atoms with Crippen LogP contribution in [0.4, 0.5) is 11.4 Å². The van der Waals surface area contributed by atoms with Crippen LogP contribution in [-0.2, 0) is 10.4 Å². The summed E-state index contributed by atoms with van der Waals surface area (Å²) in [5.41, 5.74) is -1.48. The standard InChI is InChI=1S/C21H21BrN2O6/c1-3-4-9-23-16-7-6-14(22)11-15(16)21(27,20(23)26)12-18(25)13-5-8-19(30-2)17(10-13)24(28)29/h5-8,10-11,27H,3-4,9,12H2,1-2H3. The van der Waals surface area contributed by atoms with E-state index < -0.39 is 28.6 Å². The van der Waals surface area contributed by atoms with E-state index in [0.717, 1.165) is 18.9 Å². The van der Waals surface area contributed by atoms with Gasteiger partial charge in [-0.05, 0) is 36.8 Å². The van der Waals surface area contributed by atoms with Crippen LogP contribution in [0.25, 0.3) is 0 Å². The summed E-state index contributed by atoms with van der Waals surface area (Å²) in [5.74, 6) is -1.13. The molecular formula is C21H21BrN2O6. The normalized spacial score (nSPS) is 17.7. The number of ketones is 1. The van der Waals surface area contributed by atoms with Gasteiger partial charge in [-0.2, -0.15) is 0 Å². The van der Waals surface area contributed by atoms with Gasteiger partial charge in [0.25, 0.3) is 5.91 Å². The second-order valence-electron chi connectivity index (χ2n) is 7.08. The van der Waals surface area contributed by atoms with Gasteiger partial charge in [-0.1, -0.05) is 29.3 Å². The number of anilines is 1. The van der Waals surface area contributed by atoms with E-state index in [1.807, 2.05) is 6.92 Å². The highest BCUT2D eigenvalue weighted by Crippen LogP contribution is 2.44.